The van der Waals surface area contributed by atoms with Gasteiger partial charge in [0, 0.05) is 13.2 Å². The summed E-state index contributed by atoms with van der Waals surface area (Å²) in [6.07, 6.45) is -4.31. The maximum Gasteiger partial charge on any atom is 0.573 e. The molecule has 1 heterocycles. The van der Waals surface area contributed by atoms with E-state index >= 15 is 0 Å². The Kier molecular flexibility index (Phi) is 11.7. The van der Waals surface area contributed by atoms with Crippen LogP contribution >= 0.6 is 0 Å². The number of ether oxygens (including phenoxy) is 1. The molecule has 0 aromatic heterocycles. The Hall–Kier alpha value is -2.58. The van der Waals surface area contributed by atoms with Crippen LogP contribution in [0.15, 0.2) is 48.5 Å². The molecule has 0 bridgehead atoms. The number of hydrogen-bond acceptors (Lipinski definition) is 4. The molecule has 0 aliphatic carbocycles. The quantitative estimate of drug-likeness (QED) is 0.558. The van der Waals surface area contributed by atoms with Gasteiger partial charge in [-0.05, 0) is 54.6 Å². The standard InChI is InChI=1S/C23H27F3N2O2.C2H6O.C2H6/c1-22(2,3)18-9-7-17(8-10-18)21-27(4)15-20(29)28(21)14-13-16-5-11-19(12-6-16)30-23(24,25)26;1-2-3;1-2/h5-12,21H,13-15H2,1-4H3;3H,2H2,1H3;1-2H3/t21-;;/m1../s1. The zero-order valence-corrected chi connectivity index (χ0v) is 21.8. The van der Waals surface area contributed by atoms with E-state index < -0.39 is 6.36 Å². The minimum Gasteiger partial charge on any atom is -0.406 e. The average Bonchev–Trinajstić information content (AvgIpc) is 3.06. The topological polar surface area (TPSA) is 53.0 Å². The van der Waals surface area contributed by atoms with Crippen LogP contribution in [0.4, 0.5) is 13.2 Å². The lowest BCUT2D eigenvalue weighted by Gasteiger charge is -2.29. The molecular formula is C27H39F3N2O3. The van der Waals surface area contributed by atoms with Crippen LogP contribution in [0.3, 0.4) is 0 Å². The number of benzene rings is 2. The smallest absolute Gasteiger partial charge is 0.406 e. The molecule has 1 aliphatic heterocycles. The minimum atomic E-state index is -4.70. The molecule has 0 unspecified atom stereocenters. The summed E-state index contributed by atoms with van der Waals surface area (Å²) in [6.45, 7) is 13.2. The molecule has 1 fully saturated rings. The summed E-state index contributed by atoms with van der Waals surface area (Å²) in [5.41, 5.74) is 3.17. The molecule has 2 aromatic carbocycles. The van der Waals surface area contributed by atoms with Crippen molar-refractivity contribution >= 4 is 5.91 Å². The summed E-state index contributed by atoms with van der Waals surface area (Å²) >= 11 is 0. The molecule has 196 valence electrons. The Morgan fingerprint density at radius 1 is 1.00 bits per heavy atom. The first-order valence-electron chi connectivity index (χ1n) is 11.9. The van der Waals surface area contributed by atoms with Gasteiger partial charge in [-0.15, -0.1) is 13.2 Å². The second-order valence-corrected chi connectivity index (χ2v) is 9.01. The number of halogens is 3. The van der Waals surface area contributed by atoms with E-state index in [2.05, 4.69) is 49.8 Å². The van der Waals surface area contributed by atoms with Gasteiger partial charge in [0.2, 0.25) is 5.91 Å². The van der Waals surface area contributed by atoms with Crippen LogP contribution in [-0.2, 0) is 16.6 Å². The number of amides is 1. The predicted octanol–water partition coefficient (Wildman–Crippen LogP) is 5.92. The Balaban J connectivity index is 0.00000114. The maximum absolute atomic E-state index is 12.6. The summed E-state index contributed by atoms with van der Waals surface area (Å²) in [5.74, 6) is -0.209. The first kappa shape index (κ1) is 30.5. The van der Waals surface area contributed by atoms with E-state index in [-0.39, 0.29) is 29.8 Å². The van der Waals surface area contributed by atoms with Gasteiger partial charge in [-0.2, -0.15) is 0 Å². The third-order valence-electron chi connectivity index (χ3n) is 5.29. The minimum absolute atomic E-state index is 0.0411. The van der Waals surface area contributed by atoms with Gasteiger partial charge in [0.25, 0.3) is 0 Å². The molecular weight excluding hydrogens is 457 g/mol. The summed E-state index contributed by atoms with van der Waals surface area (Å²) < 4.78 is 40.8. The lowest BCUT2D eigenvalue weighted by Crippen LogP contribution is -2.32. The van der Waals surface area contributed by atoms with Crippen LogP contribution in [0, 0.1) is 0 Å². The molecule has 1 amide bonds. The van der Waals surface area contributed by atoms with Crippen molar-refractivity contribution < 1.29 is 27.8 Å². The van der Waals surface area contributed by atoms with E-state index in [1.807, 2.05) is 30.7 Å². The monoisotopic (exact) mass is 496 g/mol. The summed E-state index contributed by atoms with van der Waals surface area (Å²) in [6, 6.07) is 14.1. The molecule has 1 N–H and O–H groups in total. The number of carbonyl (C=O) groups excluding carboxylic acids is 1. The predicted molar refractivity (Wildman–Crippen MR) is 133 cm³/mol. The molecule has 3 rings (SSSR count). The molecule has 5 nitrogen and oxygen atoms in total. The number of hydrogen-bond donors (Lipinski definition) is 1. The molecule has 1 saturated heterocycles. The number of rotatable bonds is 5. The number of aliphatic hydroxyl groups excluding tert-OH is 1. The van der Waals surface area contributed by atoms with E-state index in [1.54, 1.807) is 19.1 Å². The van der Waals surface area contributed by atoms with Gasteiger partial charge >= 0.3 is 6.36 Å². The Morgan fingerprint density at radius 2 is 1.51 bits per heavy atom. The van der Waals surface area contributed by atoms with Crippen LogP contribution in [0.5, 0.6) is 5.75 Å². The van der Waals surface area contributed by atoms with Gasteiger partial charge in [-0.3, -0.25) is 9.69 Å². The molecule has 35 heavy (non-hydrogen) atoms. The van der Waals surface area contributed by atoms with Crippen LogP contribution in [0.1, 0.15) is 64.4 Å². The van der Waals surface area contributed by atoms with E-state index in [0.717, 1.165) is 11.1 Å². The summed E-state index contributed by atoms with van der Waals surface area (Å²) in [5, 5.41) is 7.57. The third-order valence-corrected chi connectivity index (χ3v) is 5.29. The van der Waals surface area contributed by atoms with Crippen LogP contribution in [0.2, 0.25) is 0 Å². The highest BCUT2D eigenvalue weighted by Crippen LogP contribution is 2.32. The van der Waals surface area contributed by atoms with Gasteiger partial charge in [0.15, 0.2) is 0 Å². The van der Waals surface area contributed by atoms with E-state index in [4.69, 9.17) is 5.11 Å². The largest absolute Gasteiger partial charge is 0.573 e. The van der Waals surface area contributed by atoms with Gasteiger partial charge in [-0.25, -0.2) is 0 Å². The van der Waals surface area contributed by atoms with Crippen molar-refractivity contribution in [3.8, 4) is 5.75 Å². The molecule has 1 atom stereocenters. The van der Waals surface area contributed by atoms with Gasteiger partial charge in [0.1, 0.15) is 11.9 Å². The number of aliphatic hydroxyl groups is 1. The fourth-order valence-electron chi connectivity index (χ4n) is 3.71. The maximum atomic E-state index is 12.6. The first-order chi connectivity index (χ1) is 16.4. The van der Waals surface area contributed by atoms with Crippen molar-refractivity contribution in [3.63, 3.8) is 0 Å². The Labute approximate surface area is 207 Å². The van der Waals surface area contributed by atoms with Crippen LogP contribution in [0.25, 0.3) is 0 Å². The van der Waals surface area contributed by atoms with Crippen molar-refractivity contribution in [2.24, 2.45) is 0 Å². The van der Waals surface area contributed by atoms with Crippen molar-refractivity contribution in [2.45, 2.75) is 65.9 Å². The van der Waals surface area contributed by atoms with Crippen LogP contribution < -0.4 is 4.74 Å². The Bertz CT molecular complexity index is 892. The Morgan fingerprint density at radius 3 is 1.97 bits per heavy atom. The van der Waals surface area contributed by atoms with Crippen molar-refractivity contribution in [1.82, 2.24) is 9.80 Å². The highest BCUT2D eigenvalue weighted by molar-refractivity contribution is 5.81. The molecule has 2 aromatic rings. The lowest BCUT2D eigenvalue weighted by molar-refractivity contribution is -0.274. The first-order valence-corrected chi connectivity index (χ1v) is 11.9. The highest BCUT2D eigenvalue weighted by atomic mass is 19.4. The molecule has 8 heteroatoms. The van der Waals surface area contributed by atoms with Crippen LogP contribution in [-0.4, -0.2) is 53.9 Å². The SMILES string of the molecule is CC.CCO.CN1CC(=O)N(CCc2ccc(OC(F)(F)F)cc2)[C@@H]1c1ccc(C(C)(C)C)cc1. The van der Waals surface area contributed by atoms with Crippen molar-refractivity contribution in [3.05, 3.63) is 65.2 Å². The third kappa shape index (κ3) is 9.53. The number of carbonyl (C=O) groups is 1. The average molecular weight is 497 g/mol. The lowest BCUT2D eigenvalue weighted by atomic mass is 9.86. The van der Waals surface area contributed by atoms with E-state index in [9.17, 15) is 18.0 Å². The fourth-order valence-corrected chi connectivity index (χ4v) is 3.71. The van der Waals surface area contributed by atoms with E-state index in [1.165, 1.54) is 17.7 Å². The van der Waals surface area contributed by atoms with Gasteiger partial charge in [0.05, 0.1) is 6.54 Å². The number of likely N-dealkylation sites (N-methyl/N-ethyl adjacent to an activating group) is 1. The van der Waals surface area contributed by atoms with E-state index in [0.29, 0.717) is 19.5 Å². The summed E-state index contributed by atoms with van der Waals surface area (Å²) in [4.78, 5) is 16.4. The normalized spacial score (nSPS) is 16.3. The summed E-state index contributed by atoms with van der Waals surface area (Å²) in [7, 11) is 1.92. The number of nitrogens with zero attached hydrogens (tertiary/aromatic N) is 2. The molecule has 0 spiro atoms. The zero-order valence-electron chi connectivity index (χ0n) is 21.8. The second kappa shape index (κ2) is 13.5. The molecule has 1 aliphatic rings. The van der Waals surface area contributed by atoms with Crippen molar-refractivity contribution in [2.75, 3.05) is 26.7 Å². The van der Waals surface area contributed by atoms with Gasteiger partial charge < -0.3 is 14.7 Å². The zero-order chi connectivity index (χ0) is 26.8. The highest BCUT2D eigenvalue weighted by Gasteiger charge is 2.36. The molecule has 0 radical (unpaired) electrons. The fraction of sp³-hybridized carbons (Fsp3) is 0.519. The number of alkyl halides is 3. The molecule has 0 saturated carbocycles. The van der Waals surface area contributed by atoms with Crippen molar-refractivity contribution in [1.29, 1.82) is 0 Å². The second-order valence-electron chi connectivity index (χ2n) is 9.01. The van der Waals surface area contributed by atoms with Gasteiger partial charge in [-0.1, -0.05) is 71.0 Å².